The molecule has 3 aromatic carbocycles. The lowest BCUT2D eigenvalue weighted by atomic mass is 10.0. The van der Waals surface area contributed by atoms with Crippen LogP contribution in [-0.2, 0) is 11.4 Å². The molecule has 0 radical (unpaired) electrons. The second-order valence-electron chi connectivity index (χ2n) is 10.5. The van der Waals surface area contributed by atoms with E-state index in [0.717, 1.165) is 21.8 Å². The normalized spacial score (nSPS) is 14.5. The number of aromatic nitrogens is 1. The van der Waals surface area contributed by atoms with Crippen LogP contribution in [0.3, 0.4) is 0 Å². The molecule has 7 nitrogen and oxygen atoms in total. The Morgan fingerprint density at radius 2 is 1.77 bits per heavy atom. The molecule has 5 aromatic rings. The van der Waals surface area contributed by atoms with Crippen LogP contribution in [0.5, 0.6) is 11.5 Å². The predicted octanol–water partition coefficient (Wildman–Crippen LogP) is 6.39. The number of rotatable bonds is 8. The van der Waals surface area contributed by atoms with Crippen molar-refractivity contribution in [2.45, 2.75) is 26.5 Å². The Hall–Kier alpha value is -5.01. The summed E-state index contributed by atoms with van der Waals surface area (Å²) in [6, 6.07) is 15.2. The number of fused-ring (bicyclic) bond motifs is 1. The third kappa shape index (κ3) is 6.11. The minimum atomic E-state index is -1.66. The van der Waals surface area contributed by atoms with Gasteiger partial charge >= 0.3 is 0 Å². The second-order valence-corrected chi connectivity index (χ2v) is 12.5. The summed E-state index contributed by atoms with van der Waals surface area (Å²) in [6.45, 7) is 3.12. The van der Waals surface area contributed by atoms with Crippen LogP contribution in [0.15, 0.2) is 87.1 Å². The molecule has 240 valence electrons. The Kier molecular flexibility index (Phi) is 8.84. The van der Waals surface area contributed by atoms with E-state index in [1.54, 1.807) is 37.3 Å². The van der Waals surface area contributed by atoms with Crippen molar-refractivity contribution in [1.29, 1.82) is 0 Å². The molecule has 0 aliphatic carbocycles. The first kappa shape index (κ1) is 32.0. The van der Waals surface area contributed by atoms with Crippen molar-refractivity contribution in [1.82, 2.24) is 4.57 Å². The van der Waals surface area contributed by atoms with Crippen molar-refractivity contribution >= 4 is 40.3 Å². The number of methoxy groups -OCH3 is 1. The quantitative estimate of drug-likeness (QED) is 0.152. The van der Waals surface area contributed by atoms with E-state index in [-0.39, 0.29) is 23.3 Å². The predicted molar refractivity (Wildman–Crippen MR) is 171 cm³/mol. The van der Waals surface area contributed by atoms with Crippen molar-refractivity contribution in [2.24, 2.45) is 4.99 Å². The molecule has 0 unspecified atom stereocenters. The monoisotopic (exact) mass is 679 g/mol. The molecule has 0 bridgehead atoms. The first-order valence-electron chi connectivity index (χ1n) is 14.1. The van der Waals surface area contributed by atoms with Crippen molar-refractivity contribution < 1.29 is 31.8 Å². The number of thiophene rings is 1. The third-order valence-corrected chi connectivity index (χ3v) is 9.43. The number of thiazole rings is 1. The molecule has 0 saturated heterocycles. The Balaban J connectivity index is 1.38. The minimum Gasteiger partial charge on any atom is -0.496 e. The van der Waals surface area contributed by atoms with E-state index in [1.165, 1.54) is 23.0 Å². The van der Waals surface area contributed by atoms with E-state index in [0.29, 0.717) is 37.4 Å². The van der Waals surface area contributed by atoms with Crippen molar-refractivity contribution in [2.75, 3.05) is 12.4 Å². The summed E-state index contributed by atoms with van der Waals surface area (Å²) in [5.74, 6) is -7.82. The van der Waals surface area contributed by atoms with Crippen LogP contribution < -0.4 is 29.7 Å². The fourth-order valence-electron chi connectivity index (χ4n) is 5.21. The number of nitrogens with zero attached hydrogens (tertiary/aromatic N) is 2. The average Bonchev–Trinajstić information content (AvgIpc) is 3.69. The molecule has 1 aliphatic heterocycles. The van der Waals surface area contributed by atoms with Crippen molar-refractivity contribution in [3.05, 3.63) is 142 Å². The number of allylic oxidation sites excluding steroid dienone is 1. The topological polar surface area (TPSA) is 81.9 Å². The number of para-hydroxylation sites is 1. The van der Waals surface area contributed by atoms with E-state index in [4.69, 9.17) is 9.47 Å². The van der Waals surface area contributed by atoms with Gasteiger partial charge in [0.15, 0.2) is 22.2 Å². The maximum Gasteiger partial charge on any atom is 0.271 e. The number of halogens is 4. The highest BCUT2D eigenvalue weighted by atomic mass is 32.1. The van der Waals surface area contributed by atoms with Gasteiger partial charge < -0.3 is 14.8 Å². The maximum atomic E-state index is 14.2. The molecule has 0 saturated carbocycles. The van der Waals surface area contributed by atoms with Crippen LogP contribution in [0.2, 0.25) is 0 Å². The summed E-state index contributed by atoms with van der Waals surface area (Å²) in [4.78, 5) is 33.6. The number of ether oxygens (including phenoxy) is 2. The van der Waals surface area contributed by atoms with Gasteiger partial charge in [-0.05, 0) is 60.7 Å². The number of hydrogen-bond donors (Lipinski definition) is 1. The van der Waals surface area contributed by atoms with Crippen LogP contribution in [0.1, 0.15) is 34.5 Å². The number of hydrogen-bond acceptors (Lipinski definition) is 7. The van der Waals surface area contributed by atoms with Gasteiger partial charge in [0.2, 0.25) is 11.6 Å². The summed E-state index contributed by atoms with van der Waals surface area (Å²) in [5, 5.41) is 4.84. The van der Waals surface area contributed by atoms with Crippen LogP contribution in [0.25, 0.3) is 6.08 Å². The van der Waals surface area contributed by atoms with Crippen molar-refractivity contribution in [3.63, 3.8) is 0 Å². The van der Waals surface area contributed by atoms with E-state index in [1.807, 2.05) is 42.6 Å². The van der Waals surface area contributed by atoms with Gasteiger partial charge in [-0.3, -0.25) is 14.2 Å². The zero-order chi connectivity index (χ0) is 33.4. The number of aryl methyl sites for hydroxylation is 1. The first-order chi connectivity index (χ1) is 22.6. The molecule has 1 N–H and O–H groups in total. The smallest absolute Gasteiger partial charge is 0.271 e. The van der Waals surface area contributed by atoms with Gasteiger partial charge in [0.1, 0.15) is 18.4 Å². The van der Waals surface area contributed by atoms with Crippen molar-refractivity contribution in [3.8, 4) is 11.5 Å². The molecule has 1 aliphatic rings. The molecular formula is C34H25F4N3O4S2. The largest absolute Gasteiger partial charge is 0.496 e. The summed E-state index contributed by atoms with van der Waals surface area (Å²) >= 11 is 2.55. The third-order valence-electron chi connectivity index (χ3n) is 7.52. The number of carbonyl (C=O) groups is 1. The highest BCUT2D eigenvalue weighted by Crippen LogP contribution is 2.34. The number of carbonyl (C=O) groups excluding carboxylic acids is 1. The van der Waals surface area contributed by atoms with Gasteiger partial charge in [0.05, 0.1) is 22.9 Å². The number of amides is 1. The lowest BCUT2D eigenvalue weighted by Gasteiger charge is -2.24. The fraction of sp³-hybridized carbons (Fsp3) is 0.147. The van der Waals surface area contributed by atoms with E-state index >= 15 is 0 Å². The van der Waals surface area contributed by atoms with Gasteiger partial charge in [-0.2, -0.15) is 8.78 Å². The van der Waals surface area contributed by atoms with Gasteiger partial charge in [0, 0.05) is 22.2 Å². The van der Waals surface area contributed by atoms with Gasteiger partial charge in [0.25, 0.3) is 11.5 Å². The molecule has 0 spiro atoms. The van der Waals surface area contributed by atoms with Gasteiger partial charge in [-0.15, -0.1) is 11.3 Å². The van der Waals surface area contributed by atoms with Crippen LogP contribution in [0, 0.1) is 30.2 Å². The summed E-state index contributed by atoms with van der Waals surface area (Å²) < 4.78 is 68.1. The highest BCUT2D eigenvalue weighted by Gasteiger charge is 2.33. The summed E-state index contributed by atoms with van der Waals surface area (Å²) in [6.07, 6.45) is 1.60. The summed E-state index contributed by atoms with van der Waals surface area (Å²) in [5.41, 5.74) is 2.75. The van der Waals surface area contributed by atoms with Gasteiger partial charge in [-0.1, -0.05) is 41.7 Å². The molecule has 13 heteroatoms. The van der Waals surface area contributed by atoms with E-state index in [9.17, 15) is 27.2 Å². The minimum absolute atomic E-state index is 0.0960. The van der Waals surface area contributed by atoms with Crippen LogP contribution >= 0.6 is 22.7 Å². The number of nitrogens with one attached hydrogen (secondary N) is 1. The zero-order valence-electron chi connectivity index (χ0n) is 25.1. The zero-order valence-corrected chi connectivity index (χ0v) is 26.7. The molecule has 47 heavy (non-hydrogen) atoms. The Labute approximate surface area is 273 Å². The Morgan fingerprint density at radius 3 is 2.45 bits per heavy atom. The molecule has 3 heterocycles. The first-order valence-corrected chi connectivity index (χ1v) is 15.8. The van der Waals surface area contributed by atoms with Crippen LogP contribution in [0.4, 0.5) is 23.2 Å². The average molecular weight is 680 g/mol. The maximum absolute atomic E-state index is 14.2. The molecule has 1 atom stereocenters. The standard InChI is InChI=1S/C34H25F4N3O4S2/c1-17-7-4-5-8-23(17)40-32(42)27-18(2)39-34-41(30(27)25-9-6-12-46-25)33(43)26(47-34)14-19-10-11-24(44-3)20(13-19)16-45-31-28(37)21(35)15-22(36)29(31)38/h4-15,30H,16H2,1-3H3,(H,40,42)/t30-/m1/s1. The van der Waals surface area contributed by atoms with Gasteiger partial charge in [-0.25, -0.2) is 13.8 Å². The lowest BCUT2D eigenvalue weighted by Crippen LogP contribution is -2.40. The molecular weight excluding hydrogens is 655 g/mol. The van der Waals surface area contributed by atoms with E-state index < -0.39 is 41.7 Å². The second kappa shape index (κ2) is 13.0. The van der Waals surface area contributed by atoms with E-state index in [2.05, 4.69) is 10.3 Å². The highest BCUT2D eigenvalue weighted by molar-refractivity contribution is 7.10. The number of benzene rings is 3. The molecule has 6 rings (SSSR count). The Bertz CT molecular complexity index is 2220. The molecule has 0 fully saturated rings. The Morgan fingerprint density at radius 1 is 1.02 bits per heavy atom. The lowest BCUT2D eigenvalue weighted by molar-refractivity contribution is -0.113. The fourth-order valence-corrected chi connectivity index (χ4v) is 7.08. The molecule has 2 aromatic heterocycles. The SMILES string of the molecule is COc1ccc(C=c2sc3n(c2=O)[C@H](c2cccs2)C(C(=O)Nc2ccccc2C)=C(C)N=3)cc1COc1c(F)c(F)cc(F)c1F. The summed E-state index contributed by atoms with van der Waals surface area (Å²) in [7, 11) is 1.37. The molecule has 1 amide bonds. The number of anilines is 1. The van der Waals surface area contributed by atoms with Crippen LogP contribution in [-0.4, -0.2) is 17.6 Å².